The van der Waals surface area contributed by atoms with Crippen LogP contribution in [-0.4, -0.2) is 23.9 Å². The zero-order chi connectivity index (χ0) is 18.3. The summed E-state index contributed by atoms with van der Waals surface area (Å²) in [5.41, 5.74) is 0. The first-order chi connectivity index (χ1) is 12.5. The zero-order valence-corrected chi connectivity index (χ0v) is 16.5. The Morgan fingerprint density at radius 1 is 0.808 bits per heavy atom. The fraction of sp³-hybridized carbons (Fsp3) is 0.909. The van der Waals surface area contributed by atoms with Crippen LogP contribution in [0.15, 0.2) is 0 Å². The Bertz CT molecular complexity index is 518. The fourth-order valence-electron chi connectivity index (χ4n) is 6.71. The van der Waals surface area contributed by atoms with E-state index < -0.39 is 0 Å². The molecule has 5 fully saturated rings. The van der Waals surface area contributed by atoms with Crippen LogP contribution in [-0.2, 0) is 9.59 Å². The van der Waals surface area contributed by atoms with Crippen molar-refractivity contribution in [2.45, 2.75) is 90.1 Å². The molecule has 5 rings (SSSR count). The van der Waals surface area contributed by atoms with E-state index in [2.05, 4.69) is 24.5 Å². The molecule has 0 aromatic carbocycles. The van der Waals surface area contributed by atoms with E-state index in [9.17, 15) is 9.59 Å². The van der Waals surface area contributed by atoms with Gasteiger partial charge in [0.2, 0.25) is 11.8 Å². The van der Waals surface area contributed by atoms with Crippen molar-refractivity contribution in [3.63, 3.8) is 0 Å². The van der Waals surface area contributed by atoms with Crippen molar-refractivity contribution in [2.75, 3.05) is 0 Å². The lowest BCUT2D eigenvalue weighted by molar-refractivity contribution is -0.129. The van der Waals surface area contributed by atoms with Gasteiger partial charge >= 0.3 is 0 Å². The number of carbonyl (C=O) groups excluding carboxylic acids is 2. The van der Waals surface area contributed by atoms with Crippen molar-refractivity contribution in [1.82, 2.24) is 10.6 Å². The van der Waals surface area contributed by atoms with Gasteiger partial charge in [-0.1, -0.05) is 26.7 Å². The molecule has 4 bridgehead atoms. The highest BCUT2D eigenvalue weighted by Crippen LogP contribution is 2.53. The van der Waals surface area contributed by atoms with E-state index in [0.29, 0.717) is 48.6 Å². The Hall–Kier alpha value is -1.06. The molecule has 3 unspecified atom stereocenters. The van der Waals surface area contributed by atoms with Crippen molar-refractivity contribution in [2.24, 2.45) is 35.5 Å². The third-order valence-electron chi connectivity index (χ3n) is 8.19. The third-order valence-corrected chi connectivity index (χ3v) is 8.19. The van der Waals surface area contributed by atoms with Crippen LogP contribution in [0.2, 0.25) is 0 Å². The lowest BCUT2D eigenvalue weighted by Gasteiger charge is -2.54. The summed E-state index contributed by atoms with van der Waals surface area (Å²) >= 11 is 0. The zero-order valence-electron chi connectivity index (χ0n) is 16.5. The minimum Gasteiger partial charge on any atom is -0.353 e. The van der Waals surface area contributed by atoms with Crippen LogP contribution >= 0.6 is 0 Å². The topological polar surface area (TPSA) is 58.2 Å². The summed E-state index contributed by atoms with van der Waals surface area (Å²) in [7, 11) is 0. The highest BCUT2D eigenvalue weighted by molar-refractivity contribution is 5.84. The van der Waals surface area contributed by atoms with Gasteiger partial charge in [-0.05, 0) is 74.0 Å². The van der Waals surface area contributed by atoms with E-state index in [-0.39, 0.29) is 11.8 Å². The maximum absolute atomic E-state index is 12.5. The van der Waals surface area contributed by atoms with E-state index in [1.807, 2.05) is 0 Å². The Morgan fingerprint density at radius 2 is 1.38 bits per heavy atom. The van der Waals surface area contributed by atoms with Crippen LogP contribution in [0.25, 0.3) is 0 Å². The maximum atomic E-state index is 12.5. The Labute approximate surface area is 158 Å². The molecule has 4 heteroatoms. The largest absolute Gasteiger partial charge is 0.353 e. The molecular formula is C22H36N2O2. The molecule has 0 saturated heterocycles. The highest BCUT2D eigenvalue weighted by Gasteiger charge is 2.48. The van der Waals surface area contributed by atoms with Gasteiger partial charge in [-0.15, -0.1) is 0 Å². The van der Waals surface area contributed by atoms with E-state index in [1.165, 1.54) is 44.9 Å². The monoisotopic (exact) mass is 360 g/mol. The summed E-state index contributed by atoms with van der Waals surface area (Å²) in [5.74, 6) is 4.61. The number of nitrogens with one attached hydrogen (secondary N) is 2. The van der Waals surface area contributed by atoms with Crippen LogP contribution < -0.4 is 10.6 Å². The molecule has 2 N–H and O–H groups in total. The lowest BCUT2D eigenvalue weighted by Crippen LogP contribution is -2.55. The molecule has 0 heterocycles. The first-order valence-electron chi connectivity index (χ1n) is 11.1. The molecule has 5 aliphatic carbocycles. The maximum Gasteiger partial charge on any atom is 0.220 e. The Kier molecular flexibility index (Phi) is 5.29. The van der Waals surface area contributed by atoms with Crippen molar-refractivity contribution >= 4 is 11.8 Å². The van der Waals surface area contributed by atoms with Crippen molar-refractivity contribution < 1.29 is 9.59 Å². The molecule has 0 aromatic rings. The molecule has 0 spiro atoms. The summed E-state index contributed by atoms with van der Waals surface area (Å²) in [4.78, 5) is 24.8. The number of amides is 2. The summed E-state index contributed by atoms with van der Waals surface area (Å²) in [6.45, 7) is 4.52. The first kappa shape index (κ1) is 18.3. The number of rotatable bonds is 5. The van der Waals surface area contributed by atoms with Crippen molar-refractivity contribution in [3.8, 4) is 0 Å². The Morgan fingerprint density at radius 3 is 2.00 bits per heavy atom. The molecule has 146 valence electrons. The molecule has 0 aromatic heterocycles. The number of hydrogen-bond acceptors (Lipinski definition) is 2. The van der Waals surface area contributed by atoms with E-state index >= 15 is 0 Å². The Balaban J connectivity index is 1.21. The normalized spacial score (nSPS) is 43.9. The summed E-state index contributed by atoms with van der Waals surface area (Å²) in [5, 5.41) is 6.51. The van der Waals surface area contributed by atoms with Gasteiger partial charge in [0.15, 0.2) is 0 Å². The highest BCUT2D eigenvalue weighted by atomic mass is 16.2. The molecule has 3 atom stereocenters. The third kappa shape index (κ3) is 3.80. The van der Waals surface area contributed by atoms with Gasteiger partial charge in [0.1, 0.15) is 0 Å². The molecular weight excluding hydrogens is 324 g/mol. The smallest absolute Gasteiger partial charge is 0.220 e. The minimum atomic E-state index is 0.0520. The molecule has 4 nitrogen and oxygen atoms in total. The van der Waals surface area contributed by atoms with Crippen LogP contribution in [0.1, 0.15) is 78.1 Å². The summed E-state index contributed by atoms with van der Waals surface area (Å²) in [6, 6.07) is 0.677. The number of hydrogen-bond donors (Lipinski definition) is 2. The first-order valence-corrected chi connectivity index (χ1v) is 11.1. The van der Waals surface area contributed by atoms with Gasteiger partial charge in [0.05, 0.1) is 0 Å². The van der Waals surface area contributed by atoms with Crippen LogP contribution in [0.3, 0.4) is 0 Å². The second-order valence-corrected chi connectivity index (χ2v) is 9.97. The van der Waals surface area contributed by atoms with Crippen LogP contribution in [0.5, 0.6) is 0 Å². The van der Waals surface area contributed by atoms with Crippen molar-refractivity contribution in [1.29, 1.82) is 0 Å². The van der Waals surface area contributed by atoms with Gasteiger partial charge in [-0.2, -0.15) is 0 Å². The van der Waals surface area contributed by atoms with Crippen molar-refractivity contribution in [3.05, 3.63) is 0 Å². The molecule has 26 heavy (non-hydrogen) atoms. The SMILES string of the molecule is CC1CCCC(NC(=O)CCC(=O)NC2C3CC4CC(C3)CC2C4)C1C. The van der Waals surface area contributed by atoms with Gasteiger partial charge < -0.3 is 10.6 Å². The van der Waals surface area contributed by atoms with Gasteiger partial charge in [0.25, 0.3) is 0 Å². The predicted octanol–water partition coefficient (Wildman–Crippen LogP) is 3.65. The quantitative estimate of drug-likeness (QED) is 0.786. The van der Waals surface area contributed by atoms with E-state index in [4.69, 9.17) is 0 Å². The lowest BCUT2D eigenvalue weighted by atomic mass is 9.54. The van der Waals surface area contributed by atoms with Gasteiger partial charge in [-0.3, -0.25) is 9.59 Å². The fourth-order valence-corrected chi connectivity index (χ4v) is 6.71. The average Bonchev–Trinajstić information content (AvgIpc) is 2.60. The predicted molar refractivity (Wildman–Crippen MR) is 102 cm³/mol. The van der Waals surface area contributed by atoms with Gasteiger partial charge in [0, 0.05) is 24.9 Å². The van der Waals surface area contributed by atoms with E-state index in [0.717, 1.165) is 18.3 Å². The average molecular weight is 361 g/mol. The van der Waals surface area contributed by atoms with Crippen LogP contribution in [0.4, 0.5) is 0 Å². The molecule has 0 radical (unpaired) electrons. The second-order valence-electron chi connectivity index (χ2n) is 9.97. The molecule has 2 amide bonds. The van der Waals surface area contributed by atoms with Crippen LogP contribution in [0, 0.1) is 35.5 Å². The summed E-state index contributed by atoms with van der Waals surface area (Å²) < 4.78 is 0. The molecule has 5 aliphatic rings. The molecule has 0 aliphatic heterocycles. The standard InChI is InChI=1S/C22H36N2O2/c1-13-4-3-5-19(14(13)2)23-20(25)6-7-21(26)24-22-17-9-15-8-16(11-17)12-18(22)10-15/h13-19,22H,3-12H2,1-2H3,(H,23,25)(H,24,26). The van der Waals surface area contributed by atoms with Gasteiger partial charge in [-0.25, -0.2) is 0 Å². The number of carbonyl (C=O) groups is 2. The summed E-state index contributed by atoms with van der Waals surface area (Å²) in [6.07, 6.45) is 10.9. The minimum absolute atomic E-state index is 0.0520. The second kappa shape index (κ2) is 7.52. The van der Waals surface area contributed by atoms with E-state index in [1.54, 1.807) is 0 Å². The molecule has 5 saturated carbocycles.